The number of nitrogens with one attached hydrogen (secondary N) is 2. The summed E-state index contributed by atoms with van der Waals surface area (Å²) in [5.74, 6) is 0.944. The van der Waals surface area contributed by atoms with Crippen molar-refractivity contribution in [1.29, 1.82) is 5.41 Å². The SMILES string of the molecule is Cc1cccc(-c2nc(C(=N)OC(N)=O)nc(N)c2NC[C@H]2CC[C@H](C)CC2)c1. The molecule has 0 unspecified atom stereocenters. The number of amides is 1. The highest BCUT2D eigenvalue weighted by Crippen LogP contribution is 2.33. The number of nitrogens with two attached hydrogens (primary N) is 2. The van der Waals surface area contributed by atoms with Gasteiger partial charge in [-0.3, -0.25) is 5.41 Å². The summed E-state index contributed by atoms with van der Waals surface area (Å²) in [6, 6.07) is 7.83. The van der Waals surface area contributed by atoms with E-state index in [0.29, 0.717) is 17.3 Å². The van der Waals surface area contributed by atoms with Gasteiger partial charge in [-0.1, -0.05) is 43.5 Å². The van der Waals surface area contributed by atoms with E-state index >= 15 is 0 Å². The number of anilines is 2. The monoisotopic (exact) mass is 396 g/mol. The van der Waals surface area contributed by atoms with Crippen LogP contribution in [0.3, 0.4) is 0 Å². The summed E-state index contributed by atoms with van der Waals surface area (Å²) in [7, 11) is 0. The van der Waals surface area contributed by atoms with Crippen LogP contribution in [0.4, 0.5) is 16.3 Å². The number of nitrogen functional groups attached to an aromatic ring is 1. The van der Waals surface area contributed by atoms with Crippen molar-refractivity contribution in [3.8, 4) is 11.3 Å². The van der Waals surface area contributed by atoms with Crippen molar-refractivity contribution in [1.82, 2.24) is 9.97 Å². The number of primary amides is 1. The van der Waals surface area contributed by atoms with E-state index in [2.05, 4.69) is 26.9 Å². The van der Waals surface area contributed by atoms with Crippen LogP contribution in [0.25, 0.3) is 11.3 Å². The van der Waals surface area contributed by atoms with Gasteiger partial charge in [0, 0.05) is 12.1 Å². The molecule has 154 valence electrons. The fraction of sp³-hybridized carbons (Fsp3) is 0.429. The molecule has 0 atom stereocenters. The van der Waals surface area contributed by atoms with Crippen molar-refractivity contribution < 1.29 is 9.53 Å². The van der Waals surface area contributed by atoms with Gasteiger partial charge >= 0.3 is 6.09 Å². The normalized spacial score (nSPS) is 18.8. The number of aryl methyl sites for hydroxylation is 1. The number of carbonyl (C=O) groups excluding carboxylic acids is 1. The molecule has 29 heavy (non-hydrogen) atoms. The van der Waals surface area contributed by atoms with Gasteiger partial charge < -0.3 is 21.5 Å². The highest BCUT2D eigenvalue weighted by Gasteiger charge is 2.22. The predicted molar refractivity (Wildman–Crippen MR) is 114 cm³/mol. The first-order chi connectivity index (χ1) is 13.8. The van der Waals surface area contributed by atoms with E-state index in [4.69, 9.17) is 16.9 Å². The molecule has 1 amide bonds. The van der Waals surface area contributed by atoms with Gasteiger partial charge in [-0.15, -0.1) is 0 Å². The lowest BCUT2D eigenvalue weighted by Crippen LogP contribution is -2.23. The van der Waals surface area contributed by atoms with Gasteiger partial charge in [0.05, 0.1) is 5.69 Å². The van der Waals surface area contributed by atoms with Gasteiger partial charge in [0.1, 0.15) is 5.69 Å². The minimum Gasteiger partial charge on any atom is -0.388 e. The molecular weight excluding hydrogens is 368 g/mol. The molecule has 1 aromatic carbocycles. The van der Waals surface area contributed by atoms with Crippen LogP contribution in [0.2, 0.25) is 0 Å². The van der Waals surface area contributed by atoms with Crippen LogP contribution in [-0.2, 0) is 4.74 Å². The Morgan fingerprint density at radius 3 is 2.66 bits per heavy atom. The molecule has 0 aliphatic heterocycles. The zero-order valence-corrected chi connectivity index (χ0v) is 16.9. The van der Waals surface area contributed by atoms with Gasteiger partial charge in [0.2, 0.25) is 5.82 Å². The average molecular weight is 396 g/mol. The molecule has 1 aromatic heterocycles. The second-order valence-corrected chi connectivity index (χ2v) is 7.78. The lowest BCUT2D eigenvalue weighted by atomic mass is 9.83. The maximum Gasteiger partial charge on any atom is 0.411 e. The molecule has 2 aromatic rings. The minimum atomic E-state index is -1.09. The highest BCUT2D eigenvalue weighted by molar-refractivity contribution is 5.96. The summed E-state index contributed by atoms with van der Waals surface area (Å²) in [6.45, 7) is 5.07. The number of nitrogens with zero attached hydrogens (tertiary/aromatic N) is 2. The van der Waals surface area contributed by atoms with Crippen molar-refractivity contribution >= 4 is 23.5 Å². The fourth-order valence-corrected chi connectivity index (χ4v) is 3.68. The third kappa shape index (κ3) is 5.22. The molecule has 3 rings (SSSR count). The number of benzene rings is 1. The third-order valence-corrected chi connectivity index (χ3v) is 5.34. The van der Waals surface area contributed by atoms with Crippen LogP contribution >= 0.6 is 0 Å². The molecule has 8 heteroatoms. The van der Waals surface area contributed by atoms with Crippen LogP contribution < -0.4 is 16.8 Å². The summed E-state index contributed by atoms with van der Waals surface area (Å²) >= 11 is 0. The maximum absolute atomic E-state index is 11.0. The average Bonchev–Trinajstić information content (AvgIpc) is 2.67. The van der Waals surface area contributed by atoms with Crippen LogP contribution in [0.15, 0.2) is 24.3 Å². The quantitative estimate of drug-likeness (QED) is 0.449. The van der Waals surface area contributed by atoms with Crippen LogP contribution in [-0.4, -0.2) is 28.5 Å². The van der Waals surface area contributed by atoms with Gasteiger partial charge in [0.25, 0.3) is 5.90 Å². The number of hydrogen-bond acceptors (Lipinski definition) is 7. The molecule has 0 radical (unpaired) electrons. The topological polar surface area (TPSA) is 140 Å². The first kappa shape index (κ1) is 20.6. The first-order valence-corrected chi connectivity index (χ1v) is 9.88. The van der Waals surface area contributed by atoms with E-state index in [1.165, 1.54) is 25.7 Å². The number of carbonyl (C=O) groups is 1. The smallest absolute Gasteiger partial charge is 0.388 e. The number of ether oxygens (including phenoxy) is 1. The Hall–Kier alpha value is -3.16. The summed E-state index contributed by atoms with van der Waals surface area (Å²) in [5.41, 5.74) is 14.3. The largest absolute Gasteiger partial charge is 0.411 e. The number of aromatic nitrogens is 2. The molecule has 0 saturated heterocycles. The third-order valence-electron chi connectivity index (χ3n) is 5.34. The summed E-state index contributed by atoms with van der Waals surface area (Å²) in [6.07, 6.45) is 3.75. The summed E-state index contributed by atoms with van der Waals surface area (Å²) < 4.78 is 4.63. The Morgan fingerprint density at radius 2 is 2.00 bits per heavy atom. The Kier molecular flexibility index (Phi) is 6.31. The van der Waals surface area contributed by atoms with Crippen LogP contribution in [0, 0.1) is 24.2 Å². The lowest BCUT2D eigenvalue weighted by Gasteiger charge is -2.27. The van der Waals surface area contributed by atoms with Crippen molar-refractivity contribution in [2.45, 2.75) is 39.5 Å². The highest BCUT2D eigenvalue weighted by atomic mass is 16.6. The standard InChI is InChI=1S/C21H28N6O2/c1-12-6-8-14(9-7-12)11-25-17-16(15-5-3-4-13(2)10-15)26-20(27-18(17)22)19(23)29-21(24)28/h3-5,10,12,14,23,25H,6-9,11H2,1-2H3,(H2,24,28)(H2,22,26,27)/t12-,14-. The second kappa shape index (κ2) is 8.89. The zero-order valence-electron chi connectivity index (χ0n) is 16.9. The van der Waals surface area contributed by atoms with Gasteiger partial charge in [-0.05, 0) is 37.7 Å². The van der Waals surface area contributed by atoms with Crippen LogP contribution in [0.5, 0.6) is 0 Å². The van der Waals surface area contributed by atoms with E-state index in [1.807, 2.05) is 31.2 Å². The molecule has 8 nitrogen and oxygen atoms in total. The van der Waals surface area contributed by atoms with Gasteiger partial charge in [0.15, 0.2) is 5.82 Å². The Bertz CT molecular complexity index is 906. The Labute approximate surface area is 170 Å². The molecule has 1 heterocycles. The molecule has 0 bridgehead atoms. The zero-order chi connectivity index (χ0) is 21.0. The molecule has 1 saturated carbocycles. The molecular formula is C21H28N6O2. The Morgan fingerprint density at radius 1 is 1.28 bits per heavy atom. The van der Waals surface area contributed by atoms with Crippen molar-refractivity contribution in [2.75, 3.05) is 17.6 Å². The lowest BCUT2D eigenvalue weighted by molar-refractivity contribution is 0.207. The van der Waals surface area contributed by atoms with Gasteiger partial charge in [-0.2, -0.15) is 0 Å². The minimum absolute atomic E-state index is 0.0881. The van der Waals surface area contributed by atoms with E-state index < -0.39 is 12.0 Å². The van der Waals surface area contributed by atoms with Crippen LogP contribution in [0.1, 0.15) is 44.0 Å². The molecule has 1 aliphatic rings. The van der Waals surface area contributed by atoms with Crippen molar-refractivity contribution in [3.63, 3.8) is 0 Å². The van der Waals surface area contributed by atoms with E-state index in [0.717, 1.165) is 23.6 Å². The van der Waals surface area contributed by atoms with Crippen molar-refractivity contribution in [3.05, 3.63) is 35.7 Å². The molecule has 1 aliphatic carbocycles. The van der Waals surface area contributed by atoms with E-state index in [-0.39, 0.29) is 11.6 Å². The molecule has 0 spiro atoms. The van der Waals surface area contributed by atoms with Crippen molar-refractivity contribution in [2.24, 2.45) is 17.6 Å². The summed E-state index contributed by atoms with van der Waals surface area (Å²) in [5, 5.41) is 11.3. The fourth-order valence-electron chi connectivity index (χ4n) is 3.68. The van der Waals surface area contributed by atoms with E-state index in [1.54, 1.807) is 0 Å². The second-order valence-electron chi connectivity index (χ2n) is 7.78. The number of rotatable bonds is 5. The number of hydrogen-bond donors (Lipinski definition) is 4. The predicted octanol–water partition coefficient (Wildman–Crippen LogP) is 3.69. The first-order valence-electron chi connectivity index (χ1n) is 9.88. The van der Waals surface area contributed by atoms with Gasteiger partial charge in [-0.25, -0.2) is 14.8 Å². The maximum atomic E-state index is 11.0. The summed E-state index contributed by atoms with van der Waals surface area (Å²) in [4.78, 5) is 19.6. The molecule has 1 fully saturated rings. The molecule has 6 N–H and O–H groups in total. The Balaban J connectivity index is 1.93. The van der Waals surface area contributed by atoms with E-state index in [9.17, 15) is 4.79 Å².